The minimum absolute atomic E-state index is 0.407. The van der Waals surface area contributed by atoms with Gasteiger partial charge in [-0.05, 0) is 61.2 Å². The number of benzene rings is 2. The van der Waals surface area contributed by atoms with E-state index in [1.165, 1.54) is 30.7 Å². The van der Waals surface area contributed by atoms with E-state index in [4.69, 9.17) is 31.0 Å². The molecule has 0 amide bonds. The second kappa shape index (κ2) is 18.1. The Morgan fingerprint density at radius 1 is 1.18 bits per heavy atom. The number of aromatic nitrogens is 1. The van der Waals surface area contributed by atoms with Gasteiger partial charge in [-0.3, -0.25) is 0 Å². The van der Waals surface area contributed by atoms with E-state index in [1.807, 2.05) is 50.3 Å². The smallest absolute Gasteiger partial charge is 0.347 e. The molecule has 3 rings (SSSR count). The summed E-state index contributed by atoms with van der Waals surface area (Å²) in [4.78, 5) is 23.5. The molecule has 7 nitrogen and oxygen atoms in total. The molecule has 2 N–H and O–H groups in total. The lowest BCUT2D eigenvalue weighted by atomic mass is 10.0. The highest BCUT2D eigenvalue weighted by Crippen LogP contribution is 2.28. The number of hydrogen-bond donors (Lipinski definition) is 2. The van der Waals surface area contributed by atoms with Crippen LogP contribution in [0.1, 0.15) is 58.6 Å². The maximum atomic E-state index is 11.1. The van der Waals surface area contributed by atoms with Gasteiger partial charge in [0.1, 0.15) is 19.3 Å². The van der Waals surface area contributed by atoms with E-state index in [9.17, 15) is 4.79 Å². The normalized spacial score (nSPS) is 10.0. The lowest BCUT2D eigenvalue weighted by Crippen LogP contribution is -2.37. The fraction of sp³-hybridized carbons (Fsp3) is 0.345. The van der Waals surface area contributed by atoms with Crippen LogP contribution in [0.3, 0.4) is 0 Å². The van der Waals surface area contributed by atoms with E-state index >= 15 is 0 Å². The molecule has 9 heteroatoms. The van der Waals surface area contributed by atoms with Gasteiger partial charge in [-0.25, -0.2) is 9.78 Å². The number of carbonyl (C=O) groups excluding carboxylic acids is 1. The van der Waals surface area contributed by atoms with Crippen molar-refractivity contribution in [2.75, 3.05) is 19.2 Å². The molecule has 38 heavy (non-hydrogen) atoms. The summed E-state index contributed by atoms with van der Waals surface area (Å²) in [7, 11) is 1.61. The van der Waals surface area contributed by atoms with E-state index in [2.05, 4.69) is 36.8 Å². The number of anilines is 1. The summed E-state index contributed by atoms with van der Waals surface area (Å²) in [6.45, 7) is 17.4. The minimum Gasteiger partial charge on any atom is -0.478 e. The second-order valence-corrected chi connectivity index (χ2v) is 9.49. The molecule has 0 aliphatic heterocycles. The Kier molecular flexibility index (Phi) is 16.6. The van der Waals surface area contributed by atoms with Crippen molar-refractivity contribution in [1.29, 1.82) is 0 Å². The molecule has 3 aromatic rings. The first-order valence-electron chi connectivity index (χ1n) is 12.0. The highest BCUT2D eigenvalue weighted by molar-refractivity contribution is 7.14. The van der Waals surface area contributed by atoms with E-state index in [1.54, 1.807) is 25.3 Å². The molecule has 0 aliphatic carbocycles. The van der Waals surface area contributed by atoms with Gasteiger partial charge in [-0.15, -0.1) is 11.3 Å². The molecule has 0 saturated heterocycles. The van der Waals surface area contributed by atoms with Gasteiger partial charge >= 0.3 is 5.97 Å². The van der Waals surface area contributed by atoms with E-state index in [0.717, 1.165) is 27.0 Å². The zero-order valence-electron chi connectivity index (χ0n) is 23.2. The van der Waals surface area contributed by atoms with Crippen molar-refractivity contribution in [2.24, 2.45) is 0 Å². The quantitative estimate of drug-likeness (QED) is 0.255. The molecule has 0 saturated carbocycles. The van der Waals surface area contributed by atoms with Crippen LogP contribution in [0.2, 0.25) is 5.02 Å². The molecule has 1 aromatic heterocycles. The van der Waals surface area contributed by atoms with Gasteiger partial charge in [0.15, 0.2) is 10.7 Å². The first-order valence-corrected chi connectivity index (χ1v) is 13.2. The lowest BCUT2D eigenvalue weighted by Gasteiger charge is -2.21. The number of hydrogen-bond acceptors (Lipinski definition) is 7. The van der Waals surface area contributed by atoms with Gasteiger partial charge in [-0.1, -0.05) is 64.1 Å². The summed E-state index contributed by atoms with van der Waals surface area (Å²) >= 11 is 7.55. The van der Waals surface area contributed by atoms with Crippen molar-refractivity contribution in [3.05, 3.63) is 70.6 Å². The predicted octanol–water partition coefficient (Wildman–Crippen LogP) is 8.02. The molecule has 0 unspecified atom stereocenters. The molecule has 0 spiro atoms. The van der Waals surface area contributed by atoms with Crippen LogP contribution in [0.4, 0.5) is 5.13 Å². The third-order valence-corrected chi connectivity index (χ3v) is 5.92. The van der Waals surface area contributed by atoms with Crippen LogP contribution in [0.5, 0.6) is 5.75 Å². The number of methoxy groups -OCH3 is 1. The number of carbonyl (C=O) groups is 2. The van der Waals surface area contributed by atoms with Crippen molar-refractivity contribution in [2.45, 2.75) is 53.1 Å². The number of halogens is 1. The molecule has 0 fully saturated rings. The summed E-state index contributed by atoms with van der Waals surface area (Å²) in [5, 5.41) is 15.6. The van der Waals surface area contributed by atoms with Gasteiger partial charge in [0, 0.05) is 23.1 Å². The molecule has 0 atom stereocenters. The van der Waals surface area contributed by atoms with Crippen LogP contribution >= 0.6 is 22.9 Å². The molecule has 0 bridgehead atoms. The number of nitrogens with one attached hydrogen (secondary N) is 1. The van der Waals surface area contributed by atoms with Gasteiger partial charge in [0.05, 0.1) is 5.69 Å². The molecule has 0 aliphatic rings. The van der Waals surface area contributed by atoms with E-state index < -0.39 is 11.6 Å². The Morgan fingerprint density at radius 3 is 2.26 bits per heavy atom. The largest absolute Gasteiger partial charge is 0.478 e. The standard InChI is InChI=1S/C15H18N2O4S.C11H13Cl.C2H6.CH2O/c1-15(2,13(18)19)21-11-6-4-10(5-7-11)12-8-22-14(17-12)16-9-20-3;1-4-9-5-6-10(8(2)3)11(12)7-9;2*1-2/h4-8H,9H2,1-3H3,(H,16,17)(H,18,19);4-8H,1H2,2-3H3;1-2H3;1H2. The van der Waals surface area contributed by atoms with Gasteiger partial charge in [0.2, 0.25) is 0 Å². The van der Waals surface area contributed by atoms with Crippen molar-refractivity contribution in [3.63, 3.8) is 0 Å². The van der Waals surface area contributed by atoms with Crippen molar-refractivity contribution in [1.82, 2.24) is 4.98 Å². The van der Waals surface area contributed by atoms with Gasteiger partial charge in [-0.2, -0.15) is 0 Å². The fourth-order valence-corrected chi connectivity index (χ4v) is 3.90. The van der Waals surface area contributed by atoms with Crippen LogP contribution in [0.25, 0.3) is 17.3 Å². The number of thiazole rings is 1. The highest BCUT2D eigenvalue weighted by Gasteiger charge is 2.29. The summed E-state index contributed by atoms with van der Waals surface area (Å²) in [5.41, 5.74) is 2.78. The topological polar surface area (TPSA) is 97.8 Å². The van der Waals surface area contributed by atoms with Crippen LogP contribution < -0.4 is 10.1 Å². The lowest BCUT2D eigenvalue weighted by molar-refractivity contribution is -0.152. The Hall–Kier alpha value is -3.20. The molecular formula is C29H39ClN2O5S. The number of rotatable bonds is 9. The van der Waals surface area contributed by atoms with Crippen LogP contribution in [-0.2, 0) is 14.3 Å². The van der Waals surface area contributed by atoms with Crippen molar-refractivity contribution < 1.29 is 24.2 Å². The van der Waals surface area contributed by atoms with Gasteiger partial charge in [0.25, 0.3) is 0 Å². The Labute approximate surface area is 235 Å². The number of ether oxygens (including phenoxy) is 2. The van der Waals surface area contributed by atoms with Crippen LogP contribution in [-0.4, -0.2) is 42.3 Å². The maximum Gasteiger partial charge on any atom is 0.347 e. The molecular weight excluding hydrogens is 524 g/mol. The molecule has 208 valence electrons. The predicted molar refractivity (Wildman–Crippen MR) is 159 cm³/mol. The monoisotopic (exact) mass is 562 g/mol. The summed E-state index contributed by atoms with van der Waals surface area (Å²) in [6, 6.07) is 13.2. The number of nitrogens with zero attached hydrogens (tertiary/aromatic N) is 1. The third kappa shape index (κ3) is 11.5. The maximum absolute atomic E-state index is 11.1. The summed E-state index contributed by atoms with van der Waals surface area (Å²) in [6.07, 6.45) is 1.80. The fourth-order valence-electron chi connectivity index (χ4n) is 2.79. The van der Waals surface area contributed by atoms with Crippen LogP contribution in [0.15, 0.2) is 54.4 Å². The zero-order chi connectivity index (χ0) is 29.3. The Balaban J connectivity index is 0.000000723. The number of aliphatic carboxylic acids is 1. The molecule has 2 aromatic carbocycles. The Morgan fingerprint density at radius 2 is 1.79 bits per heavy atom. The third-order valence-electron chi connectivity index (χ3n) is 4.79. The zero-order valence-corrected chi connectivity index (χ0v) is 24.8. The average molecular weight is 563 g/mol. The minimum atomic E-state index is -1.26. The number of carboxylic acids is 1. The number of carboxylic acid groups (broad SMARTS) is 1. The first-order chi connectivity index (χ1) is 18.1. The van der Waals surface area contributed by atoms with Gasteiger partial charge < -0.3 is 24.7 Å². The average Bonchev–Trinajstić information content (AvgIpc) is 3.39. The first kappa shape index (κ1) is 34.8. The van der Waals surface area contributed by atoms with E-state index in [-0.39, 0.29) is 0 Å². The molecule has 1 heterocycles. The summed E-state index contributed by atoms with van der Waals surface area (Å²) < 4.78 is 10.4. The van der Waals surface area contributed by atoms with Crippen LogP contribution in [0, 0.1) is 0 Å². The second-order valence-electron chi connectivity index (χ2n) is 8.23. The highest BCUT2D eigenvalue weighted by atomic mass is 35.5. The van der Waals surface area contributed by atoms with Crippen molar-refractivity contribution in [3.8, 4) is 17.0 Å². The summed E-state index contributed by atoms with van der Waals surface area (Å²) in [5.74, 6) is -0.0228. The Bertz CT molecular complexity index is 1110. The van der Waals surface area contributed by atoms with E-state index in [0.29, 0.717) is 18.4 Å². The SMILES string of the molecule is C=Cc1ccc(C(C)C)c(Cl)c1.C=O.CC.COCNc1nc(-c2ccc(OC(C)(C)C(=O)O)cc2)cs1. The van der Waals surface area contributed by atoms with Crippen molar-refractivity contribution >= 4 is 46.9 Å². The molecule has 0 radical (unpaired) electrons.